The summed E-state index contributed by atoms with van der Waals surface area (Å²) in [4.78, 5) is 32.8. The Morgan fingerprint density at radius 2 is 1.85 bits per heavy atom. The average Bonchev–Trinajstić information content (AvgIpc) is 2.84. The molecule has 2 amide bonds. The highest BCUT2D eigenvalue weighted by Crippen LogP contribution is 2.47. The van der Waals surface area contributed by atoms with Crippen LogP contribution >= 0.6 is 24.8 Å². The maximum Gasteiger partial charge on any atom is 0.253 e. The summed E-state index contributed by atoms with van der Waals surface area (Å²) in [5.74, 6) is -3.35. The third-order valence-electron chi connectivity index (χ3n) is 7.00. The van der Waals surface area contributed by atoms with E-state index in [9.17, 15) is 9.59 Å². The Labute approximate surface area is 237 Å². The normalized spacial score (nSPS) is 24.5. The highest BCUT2D eigenvalue weighted by atomic mass is 35.5. The fourth-order valence-electron chi connectivity index (χ4n) is 5.26. The number of anilines is 1. The molecule has 1 aromatic heterocycles. The summed E-state index contributed by atoms with van der Waals surface area (Å²) < 4.78 is 46.9. The first-order valence-corrected chi connectivity index (χ1v) is 12.0. The van der Waals surface area contributed by atoms with E-state index >= 15 is 13.2 Å². The van der Waals surface area contributed by atoms with Crippen molar-refractivity contribution in [1.82, 2.24) is 9.88 Å². The second kappa shape index (κ2) is 12.4. The average molecular weight is 586 g/mol. The second-order valence-corrected chi connectivity index (χ2v) is 9.98. The number of alkyl halides is 1. The smallest absolute Gasteiger partial charge is 0.253 e. The van der Waals surface area contributed by atoms with Crippen LogP contribution in [0.3, 0.4) is 0 Å². The zero-order valence-electron chi connectivity index (χ0n) is 21.7. The SMILES string of the molecule is C[C@@H]1C[C@H](N)CN(c2ccncc2C2(C(N)=O)C=CC(F)=C(c3cc(C(=O)N(C)C)ccc3F)C2F)C1.Cl.Cl. The molecule has 39 heavy (non-hydrogen) atoms. The minimum absolute atomic E-state index is 0. The first kappa shape index (κ1) is 32.1. The molecule has 4 atom stereocenters. The van der Waals surface area contributed by atoms with Gasteiger partial charge in [-0.3, -0.25) is 14.6 Å². The molecule has 4 N–H and O–H groups in total. The quantitative estimate of drug-likeness (QED) is 0.552. The number of nitrogens with zero attached hydrogens (tertiary/aromatic N) is 3. The van der Waals surface area contributed by atoms with Crippen molar-refractivity contribution in [1.29, 1.82) is 0 Å². The van der Waals surface area contributed by atoms with Gasteiger partial charge in [0.05, 0.1) is 0 Å². The van der Waals surface area contributed by atoms with Crippen molar-refractivity contribution in [3.63, 3.8) is 0 Å². The molecule has 1 fully saturated rings. The van der Waals surface area contributed by atoms with Gasteiger partial charge in [-0.15, -0.1) is 24.8 Å². The molecule has 2 aliphatic rings. The number of aromatic nitrogens is 1. The standard InChI is InChI=1S/C27H30F3N5O2.2ClH/c1-15-10-17(31)14-35(13-15)22-7-9-33-12-19(22)27(26(32)37)8-6-21(29)23(24(27)30)18-11-16(4-5-20(18)28)25(36)34(2)3;;/h4-9,11-12,15,17,24H,10,13-14,31H2,1-3H3,(H2,32,37);2*1H/t15-,17+,24?,27?;;/m1../s1. The van der Waals surface area contributed by atoms with Crippen LogP contribution in [0.15, 0.2) is 54.6 Å². The third kappa shape index (κ3) is 5.78. The van der Waals surface area contributed by atoms with Crippen LogP contribution < -0.4 is 16.4 Å². The molecule has 0 saturated carbocycles. The van der Waals surface area contributed by atoms with Crippen LogP contribution in [0.1, 0.15) is 34.8 Å². The molecule has 0 bridgehead atoms. The fourth-order valence-corrected chi connectivity index (χ4v) is 5.26. The molecule has 1 aliphatic heterocycles. The molecule has 0 radical (unpaired) electrons. The maximum absolute atomic E-state index is 16.6. The largest absolute Gasteiger partial charge is 0.369 e. The molecule has 2 unspecified atom stereocenters. The lowest BCUT2D eigenvalue weighted by Crippen LogP contribution is -2.51. The van der Waals surface area contributed by atoms with Gasteiger partial charge >= 0.3 is 0 Å². The van der Waals surface area contributed by atoms with E-state index in [4.69, 9.17) is 11.5 Å². The van der Waals surface area contributed by atoms with Crippen LogP contribution in [-0.4, -0.2) is 61.1 Å². The Bertz CT molecular complexity index is 1300. The molecule has 1 saturated heterocycles. The number of halogens is 5. The Morgan fingerprint density at radius 3 is 2.46 bits per heavy atom. The number of hydrogen-bond donors (Lipinski definition) is 2. The van der Waals surface area contributed by atoms with Crippen LogP contribution in [-0.2, 0) is 10.2 Å². The van der Waals surface area contributed by atoms with Gasteiger partial charge in [0.1, 0.15) is 17.1 Å². The summed E-state index contributed by atoms with van der Waals surface area (Å²) in [6.45, 7) is 3.09. The Morgan fingerprint density at radius 1 is 1.15 bits per heavy atom. The number of piperidine rings is 1. The lowest BCUT2D eigenvalue weighted by atomic mass is 9.69. The van der Waals surface area contributed by atoms with Crippen LogP contribution in [0.2, 0.25) is 0 Å². The van der Waals surface area contributed by atoms with E-state index in [0.29, 0.717) is 18.8 Å². The van der Waals surface area contributed by atoms with Crippen molar-refractivity contribution in [2.45, 2.75) is 31.0 Å². The summed E-state index contributed by atoms with van der Waals surface area (Å²) in [5.41, 5.74) is 9.33. The van der Waals surface area contributed by atoms with Crippen molar-refractivity contribution in [3.8, 4) is 0 Å². The summed E-state index contributed by atoms with van der Waals surface area (Å²) in [5, 5.41) is 0. The number of primary amides is 1. The number of carbonyl (C=O) groups is 2. The number of allylic oxidation sites excluding steroid dienone is 3. The lowest BCUT2D eigenvalue weighted by Gasteiger charge is -2.41. The third-order valence-corrected chi connectivity index (χ3v) is 7.00. The van der Waals surface area contributed by atoms with Crippen LogP contribution in [0.5, 0.6) is 0 Å². The van der Waals surface area contributed by atoms with Gasteiger partial charge in [-0.2, -0.15) is 0 Å². The number of benzene rings is 1. The van der Waals surface area contributed by atoms with Crippen molar-refractivity contribution in [2.24, 2.45) is 17.4 Å². The van der Waals surface area contributed by atoms with Gasteiger partial charge in [-0.25, -0.2) is 13.2 Å². The van der Waals surface area contributed by atoms with Gasteiger partial charge in [-0.1, -0.05) is 13.0 Å². The molecule has 2 heterocycles. The molecule has 7 nitrogen and oxygen atoms in total. The van der Waals surface area contributed by atoms with Crippen molar-refractivity contribution < 1.29 is 22.8 Å². The molecule has 212 valence electrons. The topological polar surface area (TPSA) is 106 Å². The molecule has 1 aromatic carbocycles. The second-order valence-electron chi connectivity index (χ2n) is 9.98. The number of hydrogen-bond acceptors (Lipinski definition) is 5. The lowest BCUT2D eigenvalue weighted by molar-refractivity contribution is -0.123. The maximum atomic E-state index is 16.6. The Balaban J connectivity index is 0.00000267. The highest BCUT2D eigenvalue weighted by Gasteiger charge is 2.52. The minimum atomic E-state index is -2.41. The van der Waals surface area contributed by atoms with Gasteiger partial charge in [0, 0.05) is 73.6 Å². The molecule has 0 spiro atoms. The Kier molecular flexibility index (Phi) is 10.2. The number of pyridine rings is 1. The van der Waals surface area contributed by atoms with E-state index in [1.54, 1.807) is 6.07 Å². The van der Waals surface area contributed by atoms with E-state index in [1.807, 2.05) is 11.8 Å². The van der Waals surface area contributed by atoms with E-state index in [2.05, 4.69) is 4.98 Å². The molecule has 4 rings (SSSR count). The Hall–Kier alpha value is -3.08. The van der Waals surface area contributed by atoms with Crippen molar-refractivity contribution >= 4 is 47.9 Å². The van der Waals surface area contributed by atoms with Gasteiger partial charge in [0.2, 0.25) is 5.91 Å². The first-order valence-electron chi connectivity index (χ1n) is 12.0. The predicted octanol–water partition coefficient (Wildman–Crippen LogP) is 3.95. The summed E-state index contributed by atoms with van der Waals surface area (Å²) in [7, 11) is 3.00. The van der Waals surface area contributed by atoms with Gasteiger partial charge in [0.25, 0.3) is 5.91 Å². The molecular weight excluding hydrogens is 554 g/mol. The van der Waals surface area contributed by atoms with E-state index < -0.39 is 46.2 Å². The zero-order valence-corrected chi connectivity index (χ0v) is 23.4. The van der Waals surface area contributed by atoms with Crippen LogP contribution in [0, 0.1) is 11.7 Å². The molecule has 12 heteroatoms. The number of carbonyl (C=O) groups excluding carboxylic acids is 2. The number of nitrogens with two attached hydrogens (primary N) is 2. The minimum Gasteiger partial charge on any atom is -0.369 e. The van der Waals surface area contributed by atoms with Gasteiger partial charge < -0.3 is 21.3 Å². The fraction of sp³-hybridized carbons (Fsp3) is 0.370. The van der Waals surface area contributed by atoms with Gasteiger partial charge in [0.15, 0.2) is 6.17 Å². The van der Waals surface area contributed by atoms with E-state index in [1.165, 1.54) is 37.5 Å². The van der Waals surface area contributed by atoms with E-state index in [0.717, 1.165) is 30.7 Å². The number of rotatable bonds is 5. The van der Waals surface area contributed by atoms with Crippen molar-refractivity contribution in [3.05, 3.63) is 77.1 Å². The van der Waals surface area contributed by atoms with Crippen LogP contribution in [0.25, 0.3) is 5.57 Å². The molecule has 1 aliphatic carbocycles. The highest BCUT2D eigenvalue weighted by molar-refractivity contribution is 5.98. The predicted molar refractivity (Wildman–Crippen MR) is 150 cm³/mol. The van der Waals surface area contributed by atoms with Gasteiger partial charge in [-0.05, 0) is 42.7 Å². The summed E-state index contributed by atoms with van der Waals surface area (Å²) in [6.07, 6.45) is 3.21. The number of amides is 2. The van der Waals surface area contributed by atoms with Crippen molar-refractivity contribution in [2.75, 3.05) is 32.1 Å². The first-order chi connectivity index (χ1) is 17.5. The molecular formula is C27H32Cl2F3N5O2. The summed E-state index contributed by atoms with van der Waals surface area (Å²) >= 11 is 0. The summed E-state index contributed by atoms with van der Waals surface area (Å²) in [6, 6.07) is 4.77. The zero-order chi connectivity index (χ0) is 27.1. The van der Waals surface area contributed by atoms with Crippen LogP contribution in [0.4, 0.5) is 18.9 Å². The molecule has 2 aromatic rings. The van der Waals surface area contributed by atoms with E-state index in [-0.39, 0.29) is 47.9 Å². The monoisotopic (exact) mass is 585 g/mol.